The lowest BCUT2D eigenvalue weighted by molar-refractivity contribution is 0.0895. The van der Waals surface area contributed by atoms with E-state index in [9.17, 15) is 4.79 Å². The van der Waals surface area contributed by atoms with Gasteiger partial charge in [-0.3, -0.25) is 4.79 Å². The second-order valence-electron chi connectivity index (χ2n) is 6.02. The van der Waals surface area contributed by atoms with Gasteiger partial charge in [-0.15, -0.1) is 0 Å². The van der Waals surface area contributed by atoms with Crippen molar-refractivity contribution in [3.63, 3.8) is 0 Å². The van der Waals surface area contributed by atoms with Crippen LogP contribution in [0.15, 0.2) is 18.2 Å². The van der Waals surface area contributed by atoms with Gasteiger partial charge in [0.25, 0.3) is 5.91 Å². The second kappa shape index (κ2) is 7.48. The highest BCUT2D eigenvalue weighted by atomic mass is 35.5. The van der Waals surface area contributed by atoms with E-state index >= 15 is 0 Å². The minimum Gasteiger partial charge on any atom is -0.349 e. The first kappa shape index (κ1) is 16.6. The van der Waals surface area contributed by atoms with Crippen molar-refractivity contribution in [1.29, 1.82) is 0 Å². The van der Waals surface area contributed by atoms with E-state index in [-0.39, 0.29) is 11.9 Å². The molecule has 0 heterocycles. The SMILES string of the molecule is CN(C)CC1CCCCC1NC(=O)c1ccc(Cl)c(Cl)c1. The summed E-state index contributed by atoms with van der Waals surface area (Å²) in [5, 5.41) is 4.05. The number of carbonyl (C=O) groups excluding carboxylic acids is 1. The molecule has 116 valence electrons. The van der Waals surface area contributed by atoms with Crippen LogP contribution >= 0.6 is 23.2 Å². The van der Waals surface area contributed by atoms with Crippen molar-refractivity contribution in [1.82, 2.24) is 10.2 Å². The number of nitrogens with zero attached hydrogens (tertiary/aromatic N) is 1. The lowest BCUT2D eigenvalue weighted by Gasteiger charge is -2.34. The van der Waals surface area contributed by atoms with Gasteiger partial charge in [0.15, 0.2) is 0 Å². The molecule has 1 aliphatic rings. The zero-order valence-corrected chi connectivity index (χ0v) is 14.0. The van der Waals surface area contributed by atoms with Crippen LogP contribution in [0, 0.1) is 5.92 Å². The highest BCUT2D eigenvalue weighted by molar-refractivity contribution is 6.42. The molecule has 2 rings (SSSR count). The predicted molar refractivity (Wildman–Crippen MR) is 88.2 cm³/mol. The van der Waals surface area contributed by atoms with Gasteiger partial charge in [-0.1, -0.05) is 36.0 Å². The number of nitrogens with one attached hydrogen (secondary N) is 1. The molecule has 1 N–H and O–H groups in total. The number of carbonyl (C=O) groups is 1. The number of halogens is 2. The molecule has 21 heavy (non-hydrogen) atoms. The van der Waals surface area contributed by atoms with E-state index in [2.05, 4.69) is 24.3 Å². The maximum absolute atomic E-state index is 12.4. The van der Waals surface area contributed by atoms with Crippen LogP contribution in [-0.4, -0.2) is 37.5 Å². The maximum Gasteiger partial charge on any atom is 0.251 e. The molecule has 1 amide bonds. The van der Waals surface area contributed by atoms with Crippen LogP contribution < -0.4 is 5.32 Å². The van der Waals surface area contributed by atoms with E-state index in [1.54, 1.807) is 18.2 Å². The maximum atomic E-state index is 12.4. The van der Waals surface area contributed by atoms with Crippen LogP contribution in [0.4, 0.5) is 0 Å². The largest absolute Gasteiger partial charge is 0.349 e. The Kier molecular flexibility index (Phi) is 5.91. The third-order valence-corrected chi connectivity index (χ3v) is 4.75. The number of amides is 1. The molecule has 2 unspecified atom stereocenters. The fourth-order valence-corrected chi connectivity index (χ4v) is 3.27. The molecule has 0 aromatic heterocycles. The molecule has 1 aliphatic carbocycles. The third-order valence-electron chi connectivity index (χ3n) is 4.01. The van der Waals surface area contributed by atoms with Gasteiger partial charge in [-0.25, -0.2) is 0 Å². The second-order valence-corrected chi connectivity index (χ2v) is 6.83. The smallest absolute Gasteiger partial charge is 0.251 e. The first-order valence-electron chi connectivity index (χ1n) is 7.38. The summed E-state index contributed by atoms with van der Waals surface area (Å²) in [5.41, 5.74) is 0.568. The van der Waals surface area contributed by atoms with Gasteiger partial charge < -0.3 is 10.2 Å². The molecule has 0 spiro atoms. The van der Waals surface area contributed by atoms with Crippen LogP contribution in [0.1, 0.15) is 36.0 Å². The zero-order chi connectivity index (χ0) is 15.4. The molecule has 0 radical (unpaired) electrons. The van der Waals surface area contributed by atoms with Crippen molar-refractivity contribution in [3.8, 4) is 0 Å². The van der Waals surface area contributed by atoms with Crippen LogP contribution in [0.3, 0.4) is 0 Å². The lowest BCUT2D eigenvalue weighted by Crippen LogP contribution is -2.45. The summed E-state index contributed by atoms with van der Waals surface area (Å²) in [6.45, 7) is 1.01. The first-order valence-corrected chi connectivity index (χ1v) is 8.13. The Bertz CT molecular complexity index is 505. The van der Waals surface area contributed by atoms with Gasteiger partial charge in [-0.2, -0.15) is 0 Å². The minimum absolute atomic E-state index is 0.0655. The van der Waals surface area contributed by atoms with Crippen LogP contribution in [0.2, 0.25) is 10.0 Å². The summed E-state index contributed by atoms with van der Waals surface area (Å²) in [7, 11) is 4.15. The molecule has 1 saturated carbocycles. The number of hydrogen-bond donors (Lipinski definition) is 1. The first-order chi connectivity index (χ1) is 9.97. The number of hydrogen-bond acceptors (Lipinski definition) is 2. The van der Waals surface area contributed by atoms with E-state index < -0.39 is 0 Å². The lowest BCUT2D eigenvalue weighted by atomic mass is 9.84. The van der Waals surface area contributed by atoms with Crippen molar-refractivity contribution >= 4 is 29.1 Å². The highest BCUT2D eigenvalue weighted by Crippen LogP contribution is 2.26. The zero-order valence-electron chi connectivity index (χ0n) is 12.5. The molecule has 1 aromatic carbocycles. The Balaban J connectivity index is 2.04. The third kappa shape index (κ3) is 4.60. The van der Waals surface area contributed by atoms with Gasteiger partial charge >= 0.3 is 0 Å². The minimum atomic E-state index is -0.0655. The molecule has 2 atom stereocenters. The van der Waals surface area contributed by atoms with E-state index in [1.165, 1.54) is 19.3 Å². The van der Waals surface area contributed by atoms with Crippen LogP contribution in [-0.2, 0) is 0 Å². The fraction of sp³-hybridized carbons (Fsp3) is 0.562. The average molecular weight is 329 g/mol. The molecular weight excluding hydrogens is 307 g/mol. The molecular formula is C16H22Cl2N2O. The van der Waals surface area contributed by atoms with E-state index in [4.69, 9.17) is 23.2 Å². The summed E-state index contributed by atoms with van der Waals surface area (Å²) < 4.78 is 0. The summed E-state index contributed by atoms with van der Waals surface area (Å²) >= 11 is 11.9. The molecule has 0 aliphatic heterocycles. The number of rotatable bonds is 4. The average Bonchev–Trinajstić information content (AvgIpc) is 2.43. The standard InChI is InChI=1S/C16H22Cl2N2O/c1-20(2)10-12-5-3-4-6-15(12)19-16(21)11-7-8-13(17)14(18)9-11/h7-9,12,15H,3-6,10H2,1-2H3,(H,19,21). The van der Waals surface area contributed by atoms with Gasteiger partial charge in [0.05, 0.1) is 10.0 Å². The van der Waals surface area contributed by atoms with E-state index in [0.29, 0.717) is 21.5 Å². The monoisotopic (exact) mass is 328 g/mol. The van der Waals surface area contributed by atoms with Crippen molar-refractivity contribution < 1.29 is 4.79 Å². The summed E-state index contributed by atoms with van der Waals surface area (Å²) in [6.07, 6.45) is 4.64. The molecule has 1 aromatic rings. The molecule has 0 bridgehead atoms. The highest BCUT2D eigenvalue weighted by Gasteiger charge is 2.27. The quantitative estimate of drug-likeness (QED) is 0.910. The van der Waals surface area contributed by atoms with Gasteiger partial charge in [-0.05, 0) is 51.1 Å². The predicted octanol–water partition coefficient (Wildman–Crippen LogP) is 3.84. The van der Waals surface area contributed by atoms with Gasteiger partial charge in [0, 0.05) is 18.2 Å². The Morgan fingerprint density at radius 1 is 1.24 bits per heavy atom. The Morgan fingerprint density at radius 2 is 1.95 bits per heavy atom. The fourth-order valence-electron chi connectivity index (χ4n) is 2.97. The Morgan fingerprint density at radius 3 is 2.62 bits per heavy atom. The van der Waals surface area contributed by atoms with Crippen LogP contribution in [0.5, 0.6) is 0 Å². The van der Waals surface area contributed by atoms with E-state index in [0.717, 1.165) is 13.0 Å². The topological polar surface area (TPSA) is 32.3 Å². The van der Waals surface area contributed by atoms with Crippen molar-refractivity contribution in [3.05, 3.63) is 33.8 Å². The Hall–Kier alpha value is -0.770. The summed E-state index contributed by atoms with van der Waals surface area (Å²) in [5.74, 6) is 0.449. The van der Waals surface area contributed by atoms with E-state index in [1.807, 2.05) is 0 Å². The van der Waals surface area contributed by atoms with Crippen LogP contribution in [0.25, 0.3) is 0 Å². The molecule has 1 fully saturated rings. The van der Waals surface area contributed by atoms with Gasteiger partial charge in [0.2, 0.25) is 0 Å². The Labute approximate surface area is 136 Å². The number of benzene rings is 1. The van der Waals surface area contributed by atoms with Crippen molar-refractivity contribution in [2.75, 3.05) is 20.6 Å². The van der Waals surface area contributed by atoms with Crippen molar-refractivity contribution in [2.45, 2.75) is 31.7 Å². The molecule has 5 heteroatoms. The van der Waals surface area contributed by atoms with Gasteiger partial charge in [0.1, 0.15) is 0 Å². The summed E-state index contributed by atoms with van der Waals surface area (Å²) in [6, 6.07) is 5.25. The molecule has 3 nitrogen and oxygen atoms in total. The van der Waals surface area contributed by atoms with Crippen molar-refractivity contribution in [2.24, 2.45) is 5.92 Å². The normalized spacial score (nSPS) is 22.3. The summed E-state index contributed by atoms with van der Waals surface area (Å²) in [4.78, 5) is 14.6. The molecule has 0 saturated heterocycles.